The van der Waals surface area contributed by atoms with Crippen molar-refractivity contribution in [1.29, 1.82) is 0 Å². The fourth-order valence-electron chi connectivity index (χ4n) is 4.23. The van der Waals surface area contributed by atoms with Crippen LogP contribution in [0, 0.1) is 12.7 Å². The molecule has 0 aliphatic heterocycles. The van der Waals surface area contributed by atoms with Gasteiger partial charge in [0.15, 0.2) is 0 Å². The van der Waals surface area contributed by atoms with E-state index in [1.807, 2.05) is 0 Å². The number of aromatic nitrogens is 2. The summed E-state index contributed by atoms with van der Waals surface area (Å²) in [6, 6.07) is 9.28. The molecule has 2 aromatic carbocycles. The van der Waals surface area contributed by atoms with Crippen LogP contribution in [0.25, 0.3) is 11.3 Å². The molecule has 0 bridgehead atoms. The second kappa shape index (κ2) is 9.11. The van der Waals surface area contributed by atoms with Gasteiger partial charge in [-0.3, -0.25) is 9.59 Å². The molecule has 34 heavy (non-hydrogen) atoms. The normalized spacial score (nSPS) is 14.4. The number of amides is 1. The molecule has 0 saturated heterocycles. The highest BCUT2D eigenvalue weighted by molar-refractivity contribution is 7.89. The van der Waals surface area contributed by atoms with Gasteiger partial charge in [-0.25, -0.2) is 22.6 Å². The lowest BCUT2D eigenvalue weighted by atomic mass is 9.89. The Labute approximate surface area is 196 Å². The fourth-order valence-corrected chi connectivity index (χ4v) is 5.03. The van der Waals surface area contributed by atoms with E-state index in [2.05, 4.69) is 10.4 Å². The van der Waals surface area contributed by atoms with Gasteiger partial charge < -0.3 is 5.32 Å². The van der Waals surface area contributed by atoms with Crippen molar-refractivity contribution in [2.75, 3.05) is 5.32 Å². The molecule has 1 amide bonds. The van der Waals surface area contributed by atoms with Crippen LogP contribution in [0.15, 0.2) is 52.2 Å². The first-order valence-corrected chi connectivity index (χ1v) is 12.5. The third-order valence-electron chi connectivity index (χ3n) is 6.03. The van der Waals surface area contributed by atoms with Gasteiger partial charge in [-0.15, -0.1) is 0 Å². The number of carbonyl (C=O) groups is 1. The average Bonchev–Trinajstić information content (AvgIpc) is 2.79. The summed E-state index contributed by atoms with van der Waals surface area (Å²) in [5.74, 6) is -1.03. The van der Waals surface area contributed by atoms with Gasteiger partial charge in [-0.1, -0.05) is 18.2 Å². The summed E-state index contributed by atoms with van der Waals surface area (Å²) in [5, 5.41) is 12.5. The fraction of sp³-hybridized carbons (Fsp3) is 0.292. The van der Waals surface area contributed by atoms with E-state index in [0.29, 0.717) is 35.2 Å². The zero-order valence-corrected chi connectivity index (χ0v) is 19.7. The Morgan fingerprint density at radius 3 is 2.53 bits per heavy atom. The Balaban J connectivity index is 1.82. The van der Waals surface area contributed by atoms with Crippen LogP contribution in [0.3, 0.4) is 0 Å². The molecule has 1 heterocycles. The minimum absolute atomic E-state index is 0.0222. The summed E-state index contributed by atoms with van der Waals surface area (Å²) in [6.45, 7) is 3.18. The number of nitrogens with one attached hydrogen (secondary N) is 1. The molecule has 1 aliphatic rings. The van der Waals surface area contributed by atoms with Crippen LogP contribution in [-0.2, 0) is 27.7 Å². The highest BCUT2D eigenvalue weighted by atomic mass is 32.2. The van der Waals surface area contributed by atoms with E-state index in [-0.39, 0.29) is 16.1 Å². The largest absolute Gasteiger partial charge is 0.324 e. The Bertz CT molecular complexity index is 1450. The standard InChI is InChI=1S/C24H25FN4O4S/c1-14-10-11-16(12-21(14)34(26,32)33)22-19-8-3-4-9-20(19)24(31)29(28-22)15(2)23(30)27-18-7-5-6-17(25)13-18/h5-7,10-13,15H,3-4,8-9H2,1-2H3,(H,27,30)(H2,26,32,33)/t15-/m0/s1. The number of aryl methyl sites for hydroxylation is 1. The Morgan fingerprint density at radius 1 is 1.15 bits per heavy atom. The Morgan fingerprint density at radius 2 is 1.85 bits per heavy atom. The van der Waals surface area contributed by atoms with Gasteiger partial charge in [0.25, 0.3) is 5.56 Å². The van der Waals surface area contributed by atoms with Crippen molar-refractivity contribution in [2.24, 2.45) is 5.14 Å². The van der Waals surface area contributed by atoms with Gasteiger partial charge in [0.1, 0.15) is 11.9 Å². The van der Waals surface area contributed by atoms with Crippen LogP contribution in [0.4, 0.5) is 10.1 Å². The van der Waals surface area contributed by atoms with Crippen molar-refractivity contribution in [3.05, 3.63) is 75.3 Å². The van der Waals surface area contributed by atoms with Crippen LogP contribution in [0.2, 0.25) is 0 Å². The zero-order valence-electron chi connectivity index (χ0n) is 18.8. The predicted molar refractivity (Wildman–Crippen MR) is 126 cm³/mol. The van der Waals surface area contributed by atoms with Gasteiger partial charge in [0.05, 0.1) is 10.6 Å². The van der Waals surface area contributed by atoms with Crippen LogP contribution in [0.5, 0.6) is 0 Å². The third-order valence-corrected chi connectivity index (χ3v) is 7.09. The van der Waals surface area contributed by atoms with E-state index >= 15 is 0 Å². The molecule has 0 radical (unpaired) electrons. The maximum atomic E-state index is 13.5. The van der Waals surface area contributed by atoms with Crippen molar-refractivity contribution < 1.29 is 17.6 Å². The number of carbonyl (C=O) groups excluding carboxylic acids is 1. The van der Waals surface area contributed by atoms with Gasteiger partial charge in [-0.05, 0) is 74.9 Å². The Kier molecular flexibility index (Phi) is 6.37. The van der Waals surface area contributed by atoms with E-state index in [1.165, 1.54) is 31.2 Å². The Hall–Kier alpha value is -3.37. The lowest BCUT2D eigenvalue weighted by Crippen LogP contribution is -2.37. The van der Waals surface area contributed by atoms with Crippen molar-refractivity contribution in [3.8, 4) is 11.3 Å². The van der Waals surface area contributed by atoms with Crippen LogP contribution in [-0.4, -0.2) is 24.1 Å². The molecule has 8 nitrogen and oxygen atoms in total. The molecule has 10 heteroatoms. The van der Waals surface area contributed by atoms with Gasteiger partial charge >= 0.3 is 0 Å². The minimum Gasteiger partial charge on any atom is -0.324 e. The number of rotatable bonds is 5. The minimum atomic E-state index is -3.96. The van der Waals surface area contributed by atoms with Crippen LogP contribution in [0.1, 0.15) is 42.5 Å². The summed E-state index contributed by atoms with van der Waals surface area (Å²) in [4.78, 5) is 26.1. The van der Waals surface area contributed by atoms with E-state index in [0.717, 1.165) is 23.1 Å². The average molecular weight is 485 g/mol. The number of sulfonamides is 1. The third kappa shape index (κ3) is 4.64. The zero-order chi connectivity index (χ0) is 24.6. The molecule has 178 valence electrons. The number of primary sulfonamides is 1. The van der Waals surface area contributed by atoms with Gasteiger partial charge in [-0.2, -0.15) is 5.10 Å². The first-order chi connectivity index (χ1) is 16.1. The molecule has 3 N–H and O–H groups in total. The SMILES string of the molecule is Cc1ccc(-c2nn([C@@H](C)C(=O)Nc3cccc(F)c3)c(=O)c3c2CCCC3)cc1S(N)(=O)=O. The van der Waals surface area contributed by atoms with Crippen LogP contribution >= 0.6 is 0 Å². The van der Waals surface area contributed by atoms with Gasteiger partial charge in [0, 0.05) is 16.8 Å². The number of halogens is 1. The molecular formula is C24H25FN4O4S. The van der Waals surface area contributed by atoms with E-state index in [4.69, 9.17) is 5.14 Å². The highest BCUT2D eigenvalue weighted by Gasteiger charge is 2.26. The predicted octanol–water partition coefficient (Wildman–Crippen LogP) is 3.08. The van der Waals surface area contributed by atoms with Gasteiger partial charge in [0.2, 0.25) is 15.9 Å². The monoisotopic (exact) mass is 484 g/mol. The molecule has 1 aromatic heterocycles. The molecule has 0 unspecified atom stereocenters. The van der Waals surface area contributed by atoms with E-state index in [9.17, 15) is 22.4 Å². The number of nitrogens with zero attached hydrogens (tertiary/aromatic N) is 2. The molecule has 1 aliphatic carbocycles. The molecule has 0 fully saturated rings. The smallest absolute Gasteiger partial charge is 0.271 e. The lowest BCUT2D eigenvalue weighted by molar-refractivity contribution is -0.119. The summed E-state index contributed by atoms with van der Waals surface area (Å²) in [7, 11) is -3.96. The first kappa shape index (κ1) is 23.8. The number of nitrogens with two attached hydrogens (primary N) is 1. The van der Waals surface area contributed by atoms with Crippen molar-refractivity contribution in [3.63, 3.8) is 0 Å². The molecule has 0 spiro atoms. The molecule has 0 saturated carbocycles. The number of fused-ring (bicyclic) bond motifs is 1. The van der Waals surface area contributed by atoms with E-state index in [1.54, 1.807) is 25.1 Å². The number of hydrogen-bond acceptors (Lipinski definition) is 5. The second-order valence-corrected chi connectivity index (χ2v) is 9.99. The number of anilines is 1. The van der Waals surface area contributed by atoms with Crippen molar-refractivity contribution >= 4 is 21.6 Å². The summed E-state index contributed by atoms with van der Waals surface area (Å²) >= 11 is 0. The lowest BCUT2D eigenvalue weighted by Gasteiger charge is -2.23. The summed E-state index contributed by atoms with van der Waals surface area (Å²) in [5.41, 5.74) is 2.67. The topological polar surface area (TPSA) is 124 Å². The maximum absolute atomic E-state index is 13.5. The number of benzene rings is 2. The quantitative estimate of drug-likeness (QED) is 0.576. The van der Waals surface area contributed by atoms with Crippen molar-refractivity contribution in [2.45, 2.75) is 50.5 Å². The molecular weight excluding hydrogens is 459 g/mol. The first-order valence-electron chi connectivity index (χ1n) is 10.9. The second-order valence-electron chi connectivity index (χ2n) is 8.46. The molecule has 4 rings (SSSR count). The highest BCUT2D eigenvalue weighted by Crippen LogP contribution is 2.31. The molecule has 1 atom stereocenters. The molecule has 3 aromatic rings. The maximum Gasteiger partial charge on any atom is 0.271 e. The van der Waals surface area contributed by atoms with Crippen LogP contribution < -0.4 is 16.0 Å². The van der Waals surface area contributed by atoms with Crippen molar-refractivity contribution in [1.82, 2.24) is 9.78 Å². The van der Waals surface area contributed by atoms with E-state index < -0.39 is 27.8 Å². The summed E-state index contributed by atoms with van der Waals surface area (Å²) in [6.07, 6.45) is 2.85. The number of hydrogen-bond donors (Lipinski definition) is 2. The summed E-state index contributed by atoms with van der Waals surface area (Å²) < 4.78 is 38.8.